The molecule has 0 saturated heterocycles. The minimum Gasteiger partial charge on any atom is -0.352 e. The van der Waals surface area contributed by atoms with Gasteiger partial charge in [0.1, 0.15) is 0 Å². The van der Waals surface area contributed by atoms with E-state index in [2.05, 4.69) is 15.6 Å². The van der Waals surface area contributed by atoms with E-state index in [4.69, 9.17) is 0 Å². The van der Waals surface area contributed by atoms with E-state index in [1.807, 2.05) is 34.6 Å². The highest BCUT2D eigenvalue weighted by Gasteiger charge is 2.17. The molecule has 0 atom stereocenters. The van der Waals surface area contributed by atoms with Crippen molar-refractivity contribution < 1.29 is 9.59 Å². The Morgan fingerprint density at radius 3 is 2.20 bits per heavy atom. The highest BCUT2D eigenvalue weighted by molar-refractivity contribution is 5.99. The maximum atomic E-state index is 12.0. The van der Waals surface area contributed by atoms with Gasteiger partial charge in [-0.1, -0.05) is 13.8 Å². The molecule has 0 aliphatic rings. The van der Waals surface area contributed by atoms with Crippen LogP contribution in [0.4, 0.5) is 0 Å². The third kappa shape index (κ3) is 5.38. The van der Waals surface area contributed by atoms with Crippen molar-refractivity contribution >= 4 is 11.8 Å². The zero-order valence-corrected chi connectivity index (χ0v) is 12.8. The molecule has 1 heterocycles. The predicted octanol–water partition coefficient (Wildman–Crippen LogP) is 2.00. The molecule has 110 valence electrons. The molecular weight excluding hydrogens is 254 g/mol. The number of pyridine rings is 1. The Hall–Kier alpha value is -1.91. The predicted molar refractivity (Wildman–Crippen MR) is 78.6 cm³/mol. The Bertz CT molecular complexity index is 490. The van der Waals surface area contributed by atoms with Gasteiger partial charge in [-0.05, 0) is 32.8 Å². The molecule has 0 aliphatic carbocycles. The Morgan fingerprint density at radius 1 is 1.15 bits per heavy atom. The number of carbonyl (C=O) groups is 2. The topological polar surface area (TPSA) is 71.1 Å². The molecule has 0 bridgehead atoms. The number of nitrogens with zero attached hydrogens (tertiary/aromatic N) is 1. The summed E-state index contributed by atoms with van der Waals surface area (Å²) in [5, 5.41) is 5.64. The van der Waals surface area contributed by atoms with E-state index < -0.39 is 0 Å². The first-order valence-electron chi connectivity index (χ1n) is 6.75. The molecule has 20 heavy (non-hydrogen) atoms. The summed E-state index contributed by atoms with van der Waals surface area (Å²) in [6.07, 6.45) is 2.92. The lowest BCUT2D eigenvalue weighted by Crippen LogP contribution is -2.40. The summed E-state index contributed by atoms with van der Waals surface area (Å²) in [6, 6.07) is 1.56. The van der Waals surface area contributed by atoms with Gasteiger partial charge in [0, 0.05) is 24.5 Å². The molecule has 1 aromatic heterocycles. The number of aromatic nitrogens is 1. The molecule has 0 unspecified atom stereocenters. The minimum absolute atomic E-state index is 0.211. The first kappa shape index (κ1) is 16.1. The number of carbonyl (C=O) groups excluding carboxylic acids is 2. The van der Waals surface area contributed by atoms with Gasteiger partial charge in [0.2, 0.25) is 0 Å². The average molecular weight is 277 g/mol. The fraction of sp³-hybridized carbons (Fsp3) is 0.533. The molecule has 0 aliphatic heterocycles. The molecule has 0 fully saturated rings. The van der Waals surface area contributed by atoms with Gasteiger partial charge in [0.15, 0.2) is 0 Å². The van der Waals surface area contributed by atoms with Crippen LogP contribution in [0.1, 0.15) is 55.3 Å². The number of hydrogen-bond donors (Lipinski definition) is 2. The Morgan fingerprint density at radius 2 is 1.70 bits per heavy atom. The van der Waals surface area contributed by atoms with E-state index in [-0.39, 0.29) is 17.4 Å². The Kier molecular flexibility index (Phi) is 5.25. The van der Waals surface area contributed by atoms with Crippen molar-refractivity contribution in [3.63, 3.8) is 0 Å². The Balaban J connectivity index is 2.80. The van der Waals surface area contributed by atoms with Crippen LogP contribution in [0.3, 0.4) is 0 Å². The van der Waals surface area contributed by atoms with Gasteiger partial charge in [0.05, 0.1) is 11.1 Å². The summed E-state index contributed by atoms with van der Waals surface area (Å²) in [4.78, 5) is 27.9. The molecule has 0 spiro atoms. The normalized spacial score (nSPS) is 11.3. The monoisotopic (exact) mass is 277 g/mol. The summed E-state index contributed by atoms with van der Waals surface area (Å²) in [7, 11) is 0. The molecule has 0 radical (unpaired) electrons. The smallest absolute Gasteiger partial charge is 0.253 e. The SMILES string of the molecule is CC(C)CNC(=O)c1cncc(C(=O)NC(C)(C)C)c1. The van der Waals surface area contributed by atoms with Crippen LogP contribution in [-0.4, -0.2) is 28.9 Å². The van der Waals surface area contributed by atoms with Crippen LogP contribution in [-0.2, 0) is 0 Å². The van der Waals surface area contributed by atoms with Crippen LogP contribution in [0.2, 0.25) is 0 Å². The summed E-state index contributed by atoms with van der Waals surface area (Å²) in [5.41, 5.74) is 0.455. The Labute approximate surface area is 120 Å². The van der Waals surface area contributed by atoms with Crippen molar-refractivity contribution in [3.05, 3.63) is 29.6 Å². The van der Waals surface area contributed by atoms with Gasteiger partial charge in [-0.25, -0.2) is 0 Å². The standard InChI is InChI=1S/C15H23N3O2/c1-10(2)7-17-13(19)11-6-12(9-16-8-11)14(20)18-15(3,4)5/h6,8-10H,7H2,1-5H3,(H,17,19)(H,18,20). The number of nitrogens with one attached hydrogen (secondary N) is 2. The van der Waals surface area contributed by atoms with Crippen LogP contribution < -0.4 is 10.6 Å². The average Bonchev–Trinajstić information content (AvgIpc) is 2.34. The van der Waals surface area contributed by atoms with Gasteiger partial charge in [-0.2, -0.15) is 0 Å². The van der Waals surface area contributed by atoms with Crippen molar-refractivity contribution in [1.82, 2.24) is 15.6 Å². The number of hydrogen-bond acceptors (Lipinski definition) is 3. The molecule has 2 N–H and O–H groups in total. The second-order valence-corrected chi connectivity index (χ2v) is 6.27. The zero-order chi connectivity index (χ0) is 15.3. The first-order valence-corrected chi connectivity index (χ1v) is 6.75. The second-order valence-electron chi connectivity index (χ2n) is 6.27. The summed E-state index contributed by atoms with van der Waals surface area (Å²) in [5.74, 6) is -0.0700. The van der Waals surface area contributed by atoms with Gasteiger partial charge in [0.25, 0.3) is 11.8 Å². The van der Waals surface area contributed by atoms with Crippen LogP contribution in [0, 0.1) is 5.92 Å². The van der Waals surface area contributed by atoms with Crippen molar-refractivity contribution in [3.8, 4) is 0 Å². The third-order valence-corrected chi connectivity index (χ3v) is 2.42. The van der Waals surface area contributed by atoms with Gasteiger partial charge in [-0.3, -0.25) is 14.6 Å². The van der Waals surface area contributed by atoms with Crippen LogP contribution in [0.5, 0.6) is 0 Å². The molecule has 1 rings (SSSR count). The van der Waals surface area contributed by atoms with Crippen molar-refractivity contribution in [2.45, 2.75) is 40.2 Å². The largest absolute Gasteiger partial charge is 0.352 e. The van der Waals surface area contributed by atoms with Crippen LogP contribution >= 0.6 is 0 Å². The van der Waals surface area contributed by atoms with Gasteiger partial charge >= 0.3 is 0 Å². The van der Waals surface area contributed by atoms with E-state index in [1.54, 1.807) is 6.07 Å². The molecule has 1 aromatic rings. The van der Waals surface area contributed by atoms with E-state index in [1.165, 1.54) is 12.4 Å². The van der Waals surface area contributed by atoms with E-state index in [9.17, 15) is 9.59 Å². The quantitative estimate of drug-likeness (QED) is 0.884. The third-order valence-electron chi connectivity index (χ3n) is 2.42. The first-order chi connectivity index (χ1) is 9.19. The minimum atomic E-state index is -0.326. The lowest BCUT2D eigenvalue weighted by Gasteiger charge is -2.20. The maximum absolute atomic E-state index is 12.0. The number of rotatable bonds is 4. The van der Waals surface area contributed by atoms with Crippen LogP contribution in [0.15, 0.2) is 18.5 Å². The zero-order valence-electron chi connectivity index (χ0n) is 12.8. The van der Waals surface area contributed by atoms with E-state index in [0.717, 1.165) is 0 Å². The lowest BCUT2D eigenvalue weighted by atomic mass is 10.1. The van der Waals surface area contributed by atoms with Crippen LogP contribution in [0.25, 0.3) is 0 Å². The van der Waals surface area contributed by atoms with Crippen molar-refractivity contribution in [2.75, 3.05) is 6.54 Å². The molecule has 5 nitrogen and oxygen atoms in total. The maximum Gasteiger partial charge on any atom is 0.253 e. The summed E-state index contributed by atoms with van der Waals surface area (Å²) >= 11 is 0. The second kappa shape index (κ2) is 6.50. The van der Waals surface area contributed by atoms with Gasteiger partial charge in [-0.15, -0.1) is 0 Å². The fourth-order valence-corrected chi connectivity index (χ4v) is 1.50. The lowest BCUT2D eigenvalue weighted by molar-refractivity contribution is 0.0919. The molecular formula is C15H23N3O2. The van der Waals surface area contributed by atoms with E-state index >= 15 is 0 Å². The van der Waals surface area contributed by atoms with Gasteiger partial charge < -0.3 is 10.6 Å². The van der Waals surface area contributed by atoms with Crippen molar-refractivity contribution in [1.29, 1.82) is 0 Å². The molecule has 2 amide bonds. The highest BCUT2D eigenvalue weighted by atomic mass is 16.2. The molecule has 0 aromatic carbocycles. The summed E-state index contributed by atoms with van der Waals surface area (Å²) in [6.45, 7) is 10.3. The highest BCUT2D eigenvalue weighted by Crippen LogP contribution is 2.06. The molecule has 0 saturated carbocycles. The van der Waals surface area contributed by atoms with Crippen molar-refractivity contribution in [2.24, 2.45) is 5.92 Å². The molecule has 5 heteroatoms. The fourth-order valence-electron chi connectivity index (χ4n) is 1.50. The number of amides is 2. The van der Waals surface area contributed by atoms with E-state index in [0.29, 0.717) is 23.6 Å². The summed E-state index contributed by atoms with van der Waals surface area (Å²) < 4.78 is 0.